The van der Waals surface area contributed by atoms with Crippen molar-refractivity contribution in [3.8, 4) is 5.75 Å². The molecule has 5 nitrogen and oxygen atoms in total. The summed E-state index contributed by atoms with van der Waals surface area (Å²) in [5.74, 6) is -2.50. The van der Waals surface area contributed by atoms with Crippen LogP contribution in [-0.2, 0) is 4.79 Å². The van der Waals surface area contributed by atoms with E-state index in [2.05, 4.69) is 0 Å². The van der Waals surface area contributed by atoms with Gasteiger partial charge in [0.15, 0.2) is 11.9 Å². The summed E-state index contributed by atoms with van der Waals surface area (Å²) in [7, 11) is 0. The first-order valence-corrected chi connectivity index (χ1v) is 5.26. The predicted molar refractivity (Wildman–Crippen MR) is 60.8 cm³/mol. The van der Waals surface area contributed by atoms with Gasteiger partial charge in [-0.25, -0.2) is 9.59 Å². The molecule has 1 aromatic carbocycles. The second-order valence-electron chi connectivity index (χ2n) is 3.27. The van der Waals surface area contributed by atoms with Gasteiger partial charge in [-0.05, 0) is 18.6 Å². The highest BCUT2D eigenvalue weighted by atomic mass is 35.5. The SMILES string of the molecule is CCC(Oc1c(Cl)cccc1C(=O)O)C(=O)O. The molecule has 6 heteroatoms. The average Bonchev–Trinajstić information content (AvgIpc) is 2.26. The van der Waals surface area contributed by atoms with Crippen molar-refractivity contribution in [2.75, 3.05) is 0 Å². The molecule has 0 amide bonds. The minimum Gasteiger partial charge on any atom is -0.479 e. The van der Waals surface area contributed by atoms with Crippen molar-refractivity contribution in [2.24, 2.45) is 0 Å². The van der Waals surface area contributed by atoms with E-state index < -0.39 is 18.0 Å². The van der Waals surface area contributed by atoms with Gasteiger partial charge in [0.2, 0.25) is 0 Å². The Morgan fingerprint density at radius 2 is 2.06 bits per heavy atom. The zero-order valence-corrected chi connectivity index (χ0v) is 9.77. The van der Waals surface area contributed by atoms with E-state index in [0.717, 1.165) is 0 Å². The number of aliphatic carboxylic acids is 1. The normalized spacial score (nSPS) is 11.9. The Morgan fingerprint density at radius 1 is 1.41 bits per heavy atom. The number of halogens is 1. The standard InChI is InChI=1S/C11H11ClO5/c1-2-8(11(15)16)17-9-6(10(13)14)4-3-5-7(9)12/h3-5,8H,2H2,1H3,(H,13,14)(H,15,16). The van der Waals surface area contributed by atoms with Crippen molar-refractivity contribution >= 4 is 23.5 Å². The van der Waals surface area contributed by atoms with Gasteiger partial charge < -0.3 is 14.9 Å². The molecule has 0 saturated heterocycles. The Hall–Kier alpha value is -1.75. The van der Waals surface area contributed by atoms with Crippen LogP contribution in [0.4, 0.5) is 0 Å². The van der Waals surface area contributed by atoms with Crippen molar-refractivity contribution in [1.29, 1.82) is 0 Å². The van der Waals surface area contributed by atoms with Crippen LogP contribution in [0.3, 0.4) is 0 Å². The van der Waals surface area contributed by atoms with Gasteiger partial charge in [-0.2, -0.15) is 0 Å². The summed E-state index contributed by atoms with van der Waals surface area (Å²) in [5.41, 5.74) is -0.155. The number of rotatable bonds is 5. The lowest BCUT2D eigenvalue weighted by molar-refractivity contribution is -0.145. The summed E-state index contributed by atoms with van der Waals surface area (Å²) >= 11 is 5.80. The van der Waals surface area contributed by atoms with Crippen LogP contribution in [-0.4, -0.2) is 28.3 Å². The number of hydrogen-bond acceptors (Lipinski definition) is 3. The molecule has 0 aliphatic heterocycles. The van der Waals surface area contributed by atoms with Crippen molar-refractivity contribution in [1.82, 2.24) is 0 Å². The van der Waals surface area contributed by atoms with Gasteiger partial charge in [-0.15, -0.1) is 0 Å². The Balaban J connectivity index is 3.12. The second-order valence-corrected chi connectivity index (χ2v) is 3.68. The molecule has 0 spiro atoms. The third-order valence-corrected chi connectivity index (χ3v) is 2.40. The molecule has 1 rings (SSSR count). The van der Waals surface area contributed by atoms with Crippen molar-refractivity contribution in [2.45, 2.75) is 19.4 Å². The number of para-hydroxylation sites is 1. The van der Waals surface area contributed by atoms with E-state index in [1.165, 1.54) is 18.2 Å². The molecule has 0 aromatic heterocycles. The van der Waals surface area contributed by atoms with E-state index in [0.29, 0.717) is 0 Å². The number of carbonyl (C=O) groups is 2. The molecular formula is C11H11ClO5. The lowest BCUT2D eigenvalue weighted by Crippen LogP contribution is -2.26. The topological polar surface area (TPSA) is 83.8 Å². The van der Waals surface area contributed by atoms with E-state index in [9.17, 15) is 9.59 Å². The molecule has 2 N–H and O–H groups in total. The molecular weight excluding hydrogens is 248 g/mol. The van der Waals surface area contributed by atoms with Crippen LogP contribution in [0.5, 0.6) is 5.75 Å². The van der Waals surface area contributed by atoms with Crippen molar-refractivity contribution in [3.05, 3.63) is 28.8 Å². The molecule has 0 saturated carbocycles. The van der Waals surface area contributed by atoms with Crippen LogP contribution in [0, 0.1) is 0 Å². The Kier molecular flexibility index (Phi) is 4.34. The largest absolute Gasteiger partial charge is 0.479 e. The van der Waals surface area contributed by atoms with Crippen LogP contribution >= 0.6 is 11.6 Å². The van der Waals surface area contributed by atoms with E-state index in [4.69, 9.17) is 26.6 Å². The molecule has 0 aliphatic carbocycles. The van der Waals surface area contributed by atoms with Gasteiger partial charge >= 0.3 is 11.9 Å². The van der Waals surface area contributed by atoms with Crippen molar-refractivity contribution in [3.63, 3.8) is 0 Å². The summed E-state index contributed by atoms with van der Waals surface area (Å²) in [6.45, 7) is 1.62. The van der Waals surface area contributed by atoms with E-state index in [-0.39, 0.29) is 22.8 Å². The number of benzene rings is 1. The van der Waals surface area contributed by atoms with Crippen LogP contribution < -0.4 is 4.74 Å². The fourth-order valence-corrected chi connectivity index (χ4v) is 1.47. The fourth-order valence-electron chi connectivity index (χ4n) is 1.25. The summed E-state index contributed by atoms with van der Waals surface area (Å²) in [6, 6.07) is 4.20. The molecule has 0 radical (unpaired) electrons. The molecule has 0 fully saturated rings. The highest BCUT2D eigenvalue weighted by molar-refractivity contribution is 6.32. The number of carboxylic acids is 2. The van der Waals surface area contributed by atoms with Crippen LogP contribution in [0.2, 0.25) is 5.02 Å². The minimum atomic E-state index is -1.22. The first-order valence-electron chi connectivity index (χ1n) is 4.88. The highest BCUT2D eigenvalue weighted by Crippen LogP contribution is 2.30. The third kappa shape index (κ3) is 3.10. The second kappa shape index (κ2) is 5.54. The Bertz CT molecular complexity index is 443. The predicted octanol–water partition coefficient (Wildman–Crippen LogP) is 2.28. The van der Waals surface area contributed by atoms with Gasteiger partial charge in [-0.3, -0.25) is 0 Å². The molecule has 1 aromatic rings. The third-order valence-electron chi connectivity index (χ3n) is 2.10. The van der Waals surface area contributed by atoms with Crippen LogP contribution in [0.25, 0.3) is 0 Å². The lowest BCUT2D eigenvalue weighted by atomic mass is 10.2. The maximum atomic E-state index is 10.9. The fraction of sp³-hybridized carbons (Fsp3) is 0.273. The number of ether oxygens (including phenoxy) is 1. The minimum absolute atomic E-state index is 0.0737. The number of carboxylic acid groups (broad SMARTS) is 2. The van der Waals surface area contributed by atoms with Crippen molar-refractivity contribution < 1.29 is 24.5 Å². The lowest BCUT2D eigenvalue weighted by Gasteiger charge is -2.15. The zero-order valence-electron chi connectivity index (χ0n) is 9.01. The molecule has 0 bridgehead atoms. The summed E-state index contributed by atoms with van der Waals surface area (Å²) < 4.78 is 5.14. The van der Waals surface area contributed by atoms with E-state index in [1.54, 1.807) is 6.92 Å². The van der Waals surface area contributed by atoms with E-state index in [1.807, 2.05) is 0 Å². The van der Waals surface area contributed by atoms with Crippen LogP contribution in [0.1, 0.15) is 23.7 Å². The summed E-state index contributed by atoms with van der Waals surface area (Å²) in [6.07, 6.45) is -0.910. The van der Waals surface area contributed by atoms with Gasteiger partial charge in [0.1, 0.15) is 5.56 Å². The molecule has 1 atom stereocenters. The monoisotopic (exact) mass is 258 g/mol. The highest BCUT2D eigenvalue weighted by Gasteiger charge is 2.22. The molecule has 0 heterocycles. The first kappa shape index (κ1) is 13.3. The quantitative estimate of drug-likeness (QED) is 0.846. The van der Waals surface area contributed by atoms with Gasteiger partial charge in [-0.1, -0.05) is 24.6 Å². The zero-order chi connectivity index (χ0) is 13.0. The van der Waals surface area contributed by atoms with E-state index >= 15 is 0 Å². The smallest absolute Gasteiger partial charge is 0.344 e. The number of aromatic carboxylic acids is 1. The van der Waals surface area contributed by atoms with Gasteiger partial charge in [0.05, 0.1) is 5.02 Å². The first-order chi connectivity index (χ1) is 7.97. The number of hydrogen-bond donors (Lipinski definition) is 2. The molecule has 17 heavy (non-hydrogen) atoms. The Morgan fingerprint density at radius 3 is 2.53 bits per heavy atom. The maximum Gasteiger partial charge on any atom is 0.344 e. The molecule has 1 unspecified atom stereocenters. The van der Waals surface area contributed by atoms with Gasteiger partial charge in [0.25, 0.3) is 0 Å². The van der Waals surface area contributed by atoms with Crippen LogP contribution in [0.15, 0.2) is 18.2 Å². The summed E-state index contributed by atoms with van der Waals surface area (Å²) in [4.78, 5) is 21.7. The Labute approximate surface area is 103 Å². The molecule has 0 aliphatic rings. The molecule has 92 valence electrons. The van der Waals surface area contributed by atoms with Gasteiger partial charge in [0, 0.05) is 0 Å². The maximum absolute atomic E-state index is 10.9. The average molecular weight is 259 g/mol. The summed E-state index contributed by atoms with van der Waals surface area (Å²) in [5, 5.41) is 17.8.